The summed E-state index contributed by atoms with van der Waals surface area (Å²) in [4.78, 5) is 4.47. The van der Waals surface area contributed by atoms with Crippen LogP contribution in [0.5, 0.6) is 11.5 Å². The normalized spacial score (nSPS) is 15.4. The fraction of sp³-hybridized carbons (Fsp3) is 0.650. The fourth-order valence-corrected chi connectivity index (χ4v) is 2.89. The van der Waals surface area contributed by atoms with Crippen molar-refractivity contribution in [3.8, 4) is 11.5 Å². The number of halogens is 2. The number of hydrogen-bond donors (Lipinski definition) is 2. The average molecular weight is 415 g/mol. The molecule has 1 saturated heterocycles. The number of methoxy groups -OCH3 is 1. The Bertz CT molecular complexity index is 626. The van der Waals surface area contributed by atoms with Crippen molar-refractivity contribution in [2.24, 2.45) is 4.99 Å². The first-order valence-corrected chi connectivity index (χ1v) is 9.95. The van der Waals surface area contributed by atoms with Gasteiger partial charge in [0, 0.05) is 38.5 Å². The Kier molecular flexibility index (Phi) is 10.5. The summed E-state index contributed by atoms with van der Waals surface area (Å²) in [5.41, 5.74) is 0.518. The van der Waals surface area contributed by atoms with Crippen LogP contribution in [0, 0.1) is 0 Å². The molecular formula is C20H31F2N3O4. The monoisotopic (exact) mass is 415 g/mol. The van der Waals surface area contributed by atoms with Crippen molar-refractivity contribution < 1.29 is 27.7 Å². The van der Waals surface area contributed by atoms with E-state index in [0.717, 1.165) is 32.5 Å². The van der Waals surface area contributed by atoms with Gasteiger partial charge in [-0.25, -0.2) is 4.99 Å². The molecule has 1 aliphatic heterocycles. The third kappa shape index (κ3) is 8.82. The van der Waals surface area contributed by atoms with Crippen LogP contribution in [-0.2, 0) is 16.0 Å². The molecule has 1 aromatic carbocycles. The number of guanidine groups is 1. The zero-order chi connectivity index (χ0) is 20.9. The molecule has 1 heterocycles. The van der Waals surface area contributed by atoms with Gasteiger partial charge in [-0.05, 0) is 44.4 Å². The quantitative estimate of drug-likeness (QED) is 0.329. The highest BCUT2D eigenvalue weighted by Crippen LogP contribution is 2.26. The molecular weight excluding hydrogens is 384 g/mol. The first kappa shape index (κ1) is 23.2. The van der Waals surface area contributed by atoms with Crippen LogP contribution in [0.4, 0.5) is 8.78 Å². The van der Waals surface area contributed by atoms with Gasteiger partial charge < -0.3 is 29.6 Å². The number of alkyl halides is 2. The van der Waals surface area contributed by atoms with E-state index in [1.54, 1.807) is 12.1 Å². The van der Waals surface area contributed by atoms with E-state index < -0.39 is 6.61 Å². The van der Waals surface area contributed by atoms with Crippen LogP contribution in [-0.4, -0.2) is 58.7 Å². The highest BCUT2D eigenvalue weighted by Gasteiger charge is 2.14. The molecule has 0 radical (unpaired) electrons. The van der Waals surface area contributed by atoms with E-state index in [2.05, 4.69) is 20.4 Å². The second kappa shape index (κ2) is 13.2. The molecule has 0 aliphatic carbocycles. The Hall–Kier alpha value is -2.13. The molecule has 9 heteroatoms. The lowest BCUT2D eigenvalue weighted by Crippen LogP contribution is -2.38. The molecule has 1 aromatic rings. The lowest BCUT2D eigenvalue weighted by Gasteiger charge is -2.22. The molecule has 7 nitrogen and oxygen atoms in total. The molecule has 1 fully saturated rings. The molecule has 0 atom stereocenters. The van der Waals surface area contributed by atoms with Gasteiger partial charge in [-0.3, -0.25) is 0 Å². The minimum atomic E-state index is -2.90. The summed E-state index contributed by atoms with van der Waals surface area (Å²) in [5, 5.41) is 6.37. The predicted molar refractivity (Wildman–Crippen MR) is 107 cm³/mol. The van der Waals surface area contributed by atoms with Crippen molar-refractivity contribution in [3.63, 3.8) is 0 Å². The van der Waals surface area contributed by atoms with Crippen LogP contribution in [0.15, 0.2) is 23.2 Å². The van der Waals surface area contributed by atoms with Gasteiger partial charge in [0.05, 0.1) is 19.8 Å². The number of rotatable bonds is 11. The molecule has 0 aromatic heterocycles. The number of nitrogens with zero attached hydrogens (tertiary/aromatic N) is 1. The van der Waals surface area contributed by atoms with Crippen molar-refractivity contribution in [1.29, 1.82) is 0 Å². The molecule has 29 heavy (non-hydrogen) atoms. The van der Waals surface area contributed by atoms with Crippen molar-refractivity contribution in [3.05, 3.63) is 23.8 Å². The Morgan fingerprint density at radius 1 is 1.28 bits per heavy atom. The Balaban J connectivity index is 1.85. The van der Waals surface area contributed by atoms with Gasteiger partial charge in [-0.1, -0.05) is 0 Å². The van der Waals surface area contributed by atoms with E-state index in [1.165, 1.54) is 13.2 Å². The summed E-state index contributed by atoms with van der Waals surface area (Å²) >= 11 is 0. The van der Waals surface area contributed by atoms with Crippen molar-refractivity contribution in [1.82, 2.24) is 10.6 Å². The minimum absolute atomic E-state index is 0.0882. The zero-order valence-corrected chi connectivity index (χ0v) is 17.1. The van der Waals surface area contributed by atoms with E-state index in [-0.39, 0.29) is 18.4 Å². The van der Waals surface area contributed by atoms with Crippen molar-refractivity contribution in [2.45, 2.75) is 45.4 Å². The third-order valence-electron chi connectivity index (χ3n) is 4.37. The van der Waals surface area contributed by atoms with Gasteiger partial charge in [-0.15, -0.1) is 0 Å². The van der Waals surface area contributed by atoms with E-state index in [9.17, 15) is 8.78 Å². The third-order valence-corrected chi connectivity index (χ3v) is 4.37. The van der Waals surface area contributed by atoms with E-state index in [4.69, 9.17) is 14.2 Å². The first-order chi connectivity index (χ1) is 14.1. The molecule has 0 bridgehead atoms. The highest BCUT2D eigenvalue weighted by atomic mass is 19.3. The van der Waals surface area contributed by atoms with Crippen LogP contribution in [0.25, 0.3) is 0 Å². The topological polar surface area (TPSA) is 73.3 Å². The zero-order valence-electron chi connectivity index (χ0n) is 17.1. The predicted octanol–water partition coefficient (Wildman–Crippen LogP) is 2.94. The fourth-order valence-electron chi connectivity index (χ4n) is 2.89. The molecule has 0 saturated carbocycles. The number of ether oxygens (including phenoxy) is 4. The standard InChI is InChI=1S/C20H31F2N3O4/c1-3-23-20(24-9-4-10-28-16-7-11-27-12-8-16)25-14-15-13-17(26-2)5-6-18(15)29-19(21)22/h5-6,13,16,19H,3-4,7-12,14H2,1-2H3,(H2,23,24,25). The van der Waals surface area contributed by atoms with E-state index in [1.807, 2.05) is 6.92 Å². The summed E-state index contributed by atoms with van der Waals surface area (Å²) in [7, 11) is 1.52. The summed E-state index contributed by atoms with van der Waals surface area (Å²) in [6.07, 6.45) is 3.01. The summed E-state index contributed by atoms with van der Waals surface area (Å²) < 4.78 is 46.2. The Morgan fingerprint density at radius 3 is 2.76 bits per heavy atom. The summed E-state index contributed by atoms with van der Waals surface area (Å²) in [5.74, 6) is 1.25. The minimum Gasteiger partial charge on any atom is -0.497 e. The van der Waals surface area contributed by atoms with Gasteiger partial charge in [-0.2, -0.15) is 8.78 Å². The molecule has 164 valence electrons. The number of aliphatic imine (C=N–C) groups is 1. The second-order valence-electron chi connectivity index (χ2n) is 6.51. The van der Waals surface area contributed by atoms with Crippen LogP contribution in [0.3, 0.4) is 0 Å². The van der Waals surface area contributed by atoms with Crippen molar-refractivity contribution >= 4 is 5.96 Å². The summed E-state index contributed by atoms with van der Waals surface area (Å²) in [6, 6.07) is 4.68. The largest absolute Gasteiger partial charge is 0.497 e. The number of benzene rings is 1. The van der Waals surface area contributed by atoms with E-state index in [0.29, 0.717) is 37.0 Å². The molecule has 1 aliphatic rings. The first-order valence-electron chi connectivity index (χ1n) is 9.95. The van der Waals surface area contributed by atoms with Gasteiger partial charge >= 0.3 is 6.61 Å². The Labute approximate surface area is 170 Å². The maximum atomic E-state index is 12.6. The molecule has 0 unspecified atom stereocenters. The van der Waals surface area contributed by atoms with Crippen molar-refractivity contribution in [2.75, 3.05) is 40.0 Å². The molecule has 0 amide bonds. The van der Waals surface area contributed by atoms with Crippen LogP contribution in [0.2, 0.25) is 0 Å². The summed E-state index contributed by atoms with van der Waals surface area (Å²) in [6.45, 7) is 2.81. The molecule has 2 rings (SSSR count). The second-order valence-corrected chi connectivity index (χ2v) is 6.51. The maximum Gasteiger partial charge on any atom is 0.387 e. The van der Waals surface area contributed by atoms with Crippen LogP contribution < -0.4 is 20.1 Å². The maximum absolute atomic E-state index is 12.6. The average Bonchev–Trinajstić information content (AvgIpc) is 2.73. The van der Waals surface area contributed by atoms with Gasteiger partial charge in [0.2, 0.25) is 0 Å². The molecule has 0 spiro atoms. The molecule has 2 N–H and O–H groups in total. The Morgan fingerprint density at radius 2 is 2.07 bits per heavy atom. The SMILES string of the molecule is CCNC(=NCc1cc(OC)ccc1OC(F)F)NCCCOC1CCOCC1. The smallest absolute Gasteiger partial charge is 0.387 e. The van der Waals surface area contributed by atoms with Gasteiger partial charge in [0.15, 0.2) is 5.96 Å². The van der Waals surface area contributed by atoms with Gasteiger partial charge in [0.25, 0.3) is 0 Å². The van der Waals surface area contributed by atoms with Crippen LogP contribution in [0.1, 0.15) is 31.7 Å². The lowest BCUT2D eigenvalue weighted by atomic mass is 10.1. The van der Waals surface area contributed by atoms with Gasteiger partial charge in [0.1, 0.15) is 11.5 Å². The highest BCUT2D eigenvalue weighted by molar-refractivity contribution is 5.79. The van der Waals surface area contributed by atoms with Crippen LogP contribution >= 0.6 is 0 Å². The van der Waals surface area contributed by atoms with E-state index >= 15 is 0 Å². The number of nitrogens with one attached hydrogen (secondary N) is 2. The number of hydrogen-bond acceptors (Lipinski definition) is 5. The lowest BCUT2D eigenvalue weighted by molar-refractivity contribution is -0.0504.